The van der Waals surface area contributed by atoms with E-state index in [4.69, 9.17) is 5.73 Å². The number of para-hydroxylation sites is 1. The first-order valence-corrected chi connectivity index (χ1v) is 8.47. The van der Waals surface area contributed by atoms with Crippen molar-refractivity contribution in [1.82, 2.24) is 9.88 Å². The number of carbonyl (C=O) groups is 2. The zero-order valence-corrected chi connectivity index (χ0v) is 13.8. The molecule has 1 aromatic carbocycles. The zero-order chi connectivity index (χ0) is 17.4. The summed E-state index contributed by atoms with van der Waals surface area (Å²) in [5, 5.41) is 0. The second-order valence-corrected chi connectivity index (χ2v) is 6.76. The third kappa shape index (κ3) is 2.95. The van der Waals surface area contributed by atoms with E-state index >= 15 is 0 Å². The first kappa shape index (κ1) is 15.6. The van der Waals surface area contributed by atoms with Gasteiger partial charge in [0.15, 0.2) is 0 Å². The van der Waals surface area contributed by atoms with Gasteiger partial charge in [0.1, 0.15) is 5.69 Å². The van der Waals surface area contributed by atoms with Crippen molar-refractivity contribution in [3.05, 3.63) is 59.9 Å². The lowest BCUT2D eigenvalue weighted by Gasteiger charge is -2.23. The minimum absolute atomic E-state index is 0.122. The number of nitrogens with two attached hydrogens (primary N) is 1. The van der Waals surface area contributed by atoms with Gasteiger partial charge in [0.25, 0.3) is 5.91 Å². The zero-order valence-electron chi connectivity index (χ0n) is 13.8. The van der Waals surface area contributed by atoms with Crippen LogP contribution in [0.25, 0.3) is 0 Å². The van der Waals surface area contributed by atoms with Crippen LogP contribution < -0.4 is 10.6 Å². The van der Waals surface area contributed by atoms with Crippen LogP contribution in [0.4, 0.5) is 5.69 Å². The molecule has 25 heavy (non-hydrogen) atoms. The molecule has 0 spiro atoms. The second-order valence-electron chi connectivity index (χ2n) is 6.76. The molecule has 2 aliphatic heterocycles. The molecule has 3 heterocycles. The summed E-state index contributed by atoms with van der Waals surface area (Å²) in [7, 11) is 0. The van der Waals surface area contributed by atoms with Gasteiger partial charge in [-0.1, -0.05) is 18.2 Å². The van der Waals surface area contributed by atoms with Crippen molar-refractivity contribution < 1.29 is 9.59 Å². The highest BCUT2D eigenvalue weighted by molar-refractivity contribution is 5.97. The Hall–Kier alpha value is -2.89. The number of rotatable bonds is 3. The molecule has 0 bridgehead atoms. The highest BCUT2D eigenvalue weighted by atomic mass is 16.2. The molecular weight excluding hydrogens is 316 g/mol. The van der Waals surface area contributed by atoms with Crippen molar-refractivity contribution in [2.24, 2.45) is 17.6 Å². The molecule has 128 valence electrons. The van der Waals surface area contributed by atoms with E-state index in [1.54, 1.807) is 0 Å². The van der Waals surface area contributed by atoms with E-state index in [1.165, 1.54) is 24.0 Å². The summed E-state index contributed by atoms with van der Waals surface area (Å²) in [4.78, 5) is 32.4. The maximum absolute atomic E-state index is 12.7. The molecule has 2 aromatic rings. The van der Waals surface area contributed by atoms with E-state index in [2.05, 4.69) is 34.1 Å². The maximum atomic E-state index is 12.7. The topological polar surface area (TPSA) is 79.5 Å². The summed E-state index contributed by atoms with van der Waals surface area (Å²) in [6.45, 7) is 3.39. The molecule has 0 radical (unpaired) electrons. The van der Waals surface area contributed by atoms with Crippen LogP contribution in [0.1, 0.15) is 20.8 Å². The number of likely N-dealkylation sites (tertiary alicyclic amines) is 1. The molecule has 2 saturated heterocycles. The Kier molecular flexibility index (Phi) is 3.87. The minimum atomic E-state index is -0.548. The number of anilines is 1. The molecule has 2 N–H and O–H groups in total. The summed E-state index contributed by atoms with van der Waals surface area (Å²) in [6.07, 6.45) is 1.46. The first-order valence-electron chi connectivity index (χ1n) is 8.47. The fourth-order valence-corrected chi connectivity index (χ4v) is 3.87. The number of carbonyl (C=O) groups excluding carboxylic acids is 2. The van der Waals surface area contributed by atoms with Crippen LogP contribution in [0.15, 0.2) is 48.7 Å². The van der Waals surface area contributed by atoms with Crippen molar-refractivity contribution in [2.75, 3.05) is 31.1 Å². The number of primary amides is 1. The minimum Gasteiger partial charge on any atom is -0.371 e. The van der Waals surface area contributed by atoms with E-state index < -0.39 is 5.91 Å². The number of fused-ring (bicyclic) bond motifs is 1. The molecule has 6 heteroatoms. The van der Waals surface area contributed by atoms with E-state index in [0.717, 1.165) is 26.2 Å². The maximum Gasteiger partial charge on any atom is 0.272 e. The largest absolute Gasteiger partial charge is 0.371 e. The van der Waals surface area contributed by atoms with Gasteiger partial charge in [0.2, 0.25) is 5.91 Å². The standard InChI is InChI=1S/C19H20N4O2/c20-18(24)13-6-7-21-17(8-13)19(25)23-11-14-9-22(10-15(14)12-23)16-4-2-1-3-5-16/h1-8,14-15H,9-12H2,(H2,20,24). The molecular formula is C19H20N4O2. The van der Waals surface area contributed by atoms with Crippen LogP contribution in [0.5, 0.6) is 0 Å². The fourth-order valence-electron chi connectivity index (χ4n) is 3.87. The van der Waals surface area contributed by atoms with Crippen LogP contribution >= 0.6 is 0 Å². The Labute approximate surface area is 146 Å². The van der Waals surface area contributed by atoms with Gasteiger partial charge in [-0.2, -0.15) is 0 Å². The average Bonchev–Trinajstić information content (AvgIpc) is 3.21. The highest BCUT2D eigenvalue weighted by Gasteiger charge is 2.42. The molecule has 2 fully saturated rings. The predicted octanol–water partition coefficient (Wildman–Crippen LogP) is 1.39. The Balaban J connectivity index is 1.44. The Morgan fingerprint density at radius 1 is 1.00 bits per heavy atom. The van der Waals surface area contributed by atoms with Crippen LogP contribution in [0, 0.1) is 11.8 Å². The van der Waals surface area contributed by atoms with Gasteiger partial charge >= 0.3 is 0 Å². The number of benzene rings is 1. The van der Waals surface area contributed by atoms with Crippen molar-refractivity contribution in [3.8, 4) is 0 Å². The van der Waals surface area contributed by atoms with Crippen molar-refractivity contribution in [3.63, 3.8) is 0 Å². The van der Waals surface area contributed by atoms with E-state index in [1.807, 2.05) is 11.0 Å². The lowest BCUT2D eigenvalue weighted by atomic mass is 10.0. The van der Waals surface area contributed by atoms with Crippen LogP contribution in [0.2, 0.25) is 0 Å². The lowest BCUT2D eigenvalue weighted by molar-refractivity contribution is 0.0777. The van der Waals surface area contributed by atoms with Gasteiger partial charge in [0.05, 0.1) is 0 Å². The number of hydrogen-bond acceptors (Lipinski definition) is 4. The van der Waals surface area contributed by atoms with Crippen LogP contribution in [-0.4, -0.2) is 47.9 Å². The molecule has 2 aliphatic rings. The number of amides is 2. The smallest absolute Gasteiger partial charge is 0.272 e. The van der Waals surface area contributed by atoms with Crippen molar-refractivity contribution >= 4 is 17.5 Å². The molecule has 0 saturated carbocycles. The molecule has 1 aromatic heterocycles. The normalized spacial score (nSPS) is 22.1. The third-order valence-electron chi connectivity index (χ3n) is 5.16. The monoisotopic (exact) mass is 336 g/mol. The second kappa shape index (κ2) is 6.20. The Morgan fingerprint density at radius 3 is 2.32 bits per heavy atom. The number of pyridine rings is 1. The fraction of sp³-hybridized carbons (Fsp3) is 0.316. The molecule has 6 nitrogen and oxygen atoms in total. The molecule has 0 aliphatic carbocycles. The summed E-state index contributed by atoms with van der Waals surface area (Å²) < 4.78 is 0. The lowest BCUT2D eigenvalue weighted by Crippen LogP contribution is -2.33. The molecule has 4 rings (SSSR count). The highest BCUT2D eigenvalue weighted by Crippen LogP contribution is 2.34. The van der Waals surface area contributed by atoms with Gasteiger partial charge in [-0.15, -0.1) is 0 Å². The van der Waals surface area contributed by atoms with Gasteiger partial charge in [-0.3, -0.25) is 14.6 Å². The summed E-state index contributed by atoms with van der Waals surface area (Å²) in [5.74, 6) is 0.281. The molecule has 2 amide bonds. The summed E-state index contributed by atoms with van der Waals surface area (Å²) >= 11 is 0. The number of aromatic nitrogens is 1. The average molecular weight is 336 g/mol. The molecule has 2 unspecified atom stereocenters. The quantitative estimate of drug-likeness (QED) is 0.918. The van der Waals surface area contributed by atoms with Crippen molar-refractivity contribution in [1.29, 1.82) is 0 Å². The van der Waals surface area contributed by atoms with E-state index in [-0.39, 0.29) is 11.6 Å². The Morgan fingerprint density at radius 2 is 1.68 bits per heavy atom. The van der Waals surface area contributed by atoms with Crippen molar-refractivity contribution in [2.45, 2.75) is 0 Å². The number of nitrogens with zero attached hydrogens (tertiary/aromatic N) is 3. The predicted molar refractivity (Wildman–Crippen MR) is 94.3 cm³/mol. The first-order chi connectivity index (χ1) is 12.1. The third-order valence-corrected chi connectivity index (χ3v) is 5.16. The van der Waals surface area contributed by atoms with Gasteiger partial charge in [-0.05, 0) is 24.3 Å². The van der Waals surface area contributed by atoms with Crippen LogP contribution in [0.3, 0.4) is 0 Å². The summed E-state index contributed by atoms with van der Waals surface area (Å²) in [6, 6.07) is 13.4. The van der Waals surface area contributed by atoms with Gasteiger partial charge in [0, 0.05) is 55.5 Å². The number of hydrogen-bond donors (Lipinski definition) is 1. The van der Waals surface area contributed by atoms with Gasteiger partial charge < -0.3 is 15.5 Å². The summed E-state index contributed by atoms with van der Waals surface area (Å²) in [5.41, 5.74) is 7.13. The van der Waals surface area contributed by atoms with Gasteiger partial charge in [-0.25, -0.2) is 0 Å². The van der Waals surface area contributed by atoms with E-state index in [9.17, 15) is 9.59 Å². The van der Waals surface area contributed by atoms with E-state index in [0.29, 0.717) is 17.4 Å². The Bertz CT molecular complexity index is 794. The SMILES string of the molecule is NC(=O)c1ccnc(C(=O)N2CC3CN(c4ccccc4)CC3C2)c1. The molecule has 2 atom stereocenters. The van der Waals surface area contributed by atoms with Crippen LogP contribution in [-0.2, 0) is 0 Å².